The predicted octanol–water partition coefficient (Wildman–Crippen LogP) is 2.35. The fourth-order valence-corrected chi connectivity index (χ4v) is 4.18. The maximum Gasteiger partial charge on any atom is 0.225 e. The first-order valence-electron chi connectivity index (χ1n) is 9.50. The van der Waals surface area contributed by atoms with Crippen molar-refractivity contribution >= 4 is 22.6 Å². The third-order valence-electron chi connectivity index (χ3n) is 5.28. The first-order chi connectivity index (χ1) is 13.5. The molecule has 0 bridgehead atoms. The van der Waals surface area contributed by atoms with Crippen molar-refractivity contribution in [3.05, 3.63) is 54.1 Å². The van der Waals surface area contributed by atoms with Crippen molar-refractivity contribution in [1.29, 1.82) is 0 Å². The van der Waals surface area contributed by atoms with E-state index >= 15 is 0 Å². The lowest BCUT2D eigenvalue weighted by molar-refractivity contribution is -0.121. The van der Waals surface area contributed by atoms with Crippen molar-refractivity contribution in [1.82, 2.24) is 20.1 Å². The van der Waals surface area contributed by atoms with Crippen LogP contribution in [0.15, 0.2) is 42.5 Å². The average molecular weight is 377 g/mol. The number of hydrogen-bond acceptors (Lipinski definition) is 4. The van der Waals surface area contributed by atoms with Crippen LogP contribution in [0.3, 0.4) is 0 Å². The third-order valence-corrected chi connectivity index (χ3v) is 5.28. The largest absolute Gasteiger partial charge is 0.369 e. The minimum absolute atomic E-state index is 0.0408. The fourth-order valence-electron chi connectivity index (χ4n) is 4.18. The summed E-state index contributed by atoms with van der Waals surface area (Å²) >= 11 is 0. The van der Waals surface area contributed by atoms with Gasteiger partial charge in [0.25, 0.3) is 0 Å². The maximum absolute atomic E-state index is 12.0. The Morgan fingerprint density at radius 3 is 2.57 bits per heavy atom. The number of carbonyl (C=O) groups is 2. The number of hydrogen-bond donors (Lipinski definition) is 2. The summed E-state index contributed by atoms with van der Waals surface area (Å²) in [5.74, 6) is 0.437. The minimum atomic E-state index is -0.592. The molecule has 0 aliphatic heterocycles. The Morgan fingerprint density at radius 1 is 1.14 bits per heavy atom. The van der Waals surface area contributed by atoms with Gasteiger partial charge >= 0.3 is 0 Å². The highest BCUT2D eigenvalue weighted by Gasteiger charge is 2.41. The summed E-state index contributed by atoms with van der Waals surface area (Å²) in [5, 5.41) is 9.85. The fraction of sp³-hybridized carbons (Fsp3) is 0.333. The van der Waals surface area contributed by atoms with E-state index in [0.717, 1.165) is 42.1 Å². The van der Waals surface area contributed by atoms with Gasteiger partial charge in [-0.1, -0.05) is 49.2 Å². The van der Waals surface area contributed by atoms with Gasteiger partial charge in [0.15, 0.2) is 11.6 Å². The lowest BCUT2D eigenvalue weighted by Gasteiger charge is -2.29. The van der Waals surface area contributed by atoms with Crippen molar-refractivity contribution in [3.63, 3.8) is 0 Å². The normalized spacial score (nSPS) is 15.6. The van der Waals surface area contributed by atoms with Crippen LogP contribution in [0.4, 0.5) is 0 Å². The Morgan fingerprint density at radius 2 is 1.86 bits per heavy atom. The maximum atomic E-state index is 12.0. The molecular weight excluding hydrogens is 354 g/mol. The Bertz CT molecular complexity index is 1040. The summed E-state index contributed by atoms with van der Waals surface area (Å²) in [6, 6.07) is 14.0. The van der Waals surface area contributed by atoms with Crippen LogP contribution in [0.5, 0.6) is 0 Å². The molecule has 1 heterocycles. The van der Waals surface area contributed by atoms with Gasteiger partial charge in [0, 0.05) is 12.3 Å². The number of nitrogens with zero attached hydrogens (tertiary/aromatic N) is 3. The second-order valence-electron chi connectivity index (χ2n) is 7.38. The Balaban J connectivity index is 1.94. The van der Waals surface area contributed by atoms with Crippen LogP contribution in [-0.4, -0.2) is 26.6 Å². The number of rotatable bonds is 5. The first-order valence-corrected chi connectivity index (χ1v) is 9.50. The number of amides is 2. The molecule has 144 valence electrons. The van der Waals surface area contributed by atoms with E-state index in [1.807, 2.05) is 42.5 Å². The minimum Gasteiger partial charge on any atom is -0.369 e. The molecule has 1 aromatic heterocycles. The van der Waals surface area contributed by atoms with Crippen LogP contribution in [0.2, 0.25) is 0 Å². The van der Waals surface area contributed by atoms with Gasteiger partial charge in [-0.15, -0.1) is 0 Å². The van der Waals surface area contributed by atoms with Crippen LogP contribution in [0.25, 0.3) is 16.5 Å². The second kappa shape index (κ2) is 7.07. The molecule has 1 aliphatic carbocycles. The number of primary amides is 1. The zero-order valence-corrected chi connectivity index (χ0v) is 15.8. The van der Waals surface area contributed by atoms with Crippen LogP contribution in [0, 0.1) is 0 Å². The Hall–Kier alpha value is -3.22. The molecule has 1 aliphatic rings. The van der Waals surface area contributed by atoms with Crippen molar-refractivity contribution < 1.29 is 9.59 Å². The lowest BCUT2D eigenvalue weighted by Crippen LogP contribution is -2.44. The standard InChI is InChI=1S/C21H23N5O2/c1-14(27)24-21(11-4-5-12-21)20-23-19(13-18(22)28)25-26(20)17-10-6-8-15-7-2-3-9-16(15)17/h2-3,6-10H,4-5,11-13H2,1H3,(H2,22,28)(H,24,27). The van der Waals surface area contributed by atoms with Gasteiger partial charge in [-0.2, -0.15) is 5.10 Å². The quantitative estimate of drug-likeness (QED) is 0.712. The average Bonchev–Trinajstić information content (AvgIpc) is 3.28. The van der Waals surface area contributed by atoms with E-state index in [2.05, 4.69) is 15.4 Å². The number of fused-ring (bicyclic) bond motifs is 1. The van der Waals surface area contributed by atoms with Gasteiger partial charge in [-0.3, -0.25) is 9.59 Å². The molecule has 1 saturated carbocycles. The summed E-state index contributed by atoms with van der Waals surface area (Å²) in [7, 11) is 0. The van der Waals surface area contributed by atoms with E-state index in [-0.39, 0.29) is 12.3 Å². The van der Waals surface area contributed by atoms with E-state index in [1.165, 1.54) is 6.92 Å². The smallest absolute Gasteiger partial charge is 0.225 e. The van der Waals surface area contributed by atoms with Crippen LogP contribution >= 0.6 is 0 Å². The molecule has 2 aromatic carbocycles. The van der Waals surface area contributed by atoms with Gasteiger partial charge < -0.3 is 11.1 Å². The van der Waals surface area contributed by atoms with Crippen molar-refractivity contribution in [2.24, 2.45) is 5.73 Å². The van der Waals surface area contributed by atoms with E-state index in [1.54, 1.807) is 4.68 Å². The summed E-state index contributed by atoms with van der Waals surface area (Å²) in [6.45, 7) is 1.52. The monoisotopic (exact) mass is 377 g/mol. The number of nitrogens with two attached hydrogens (primary N) is 1. The lowest BCUT2D eigenvalue weighted by atomic mass is 9.95. The van der Waals surface area contributed by atoms with Gasteiger partial charge in [0.2, 0.25) is 11.8 Å². The highest BCUT2D eigenvalue weighted by Crippen LogP contribution is 2.39. The molecule has 3 N–H and O–H groups in total. The van der Waals surface area contributed by atoms with E-state index in [9.17, 15) is 9.59 Å². The summed E-state index contributed by atoms with van der Waals surface area (Å²) < 4.78 is 1.78. The molecule has 0 spiro atoms. The Labute approximate surface area is 162 Å². The first kappa shape index (κ1) is 18.2. The molecule has 7 nitrogen and oxygen atoms in total. The topological polar surface area (TPSA) is 103 Å². The highest BCUT2D eigenvalue weighted by atomic mass is 16.1. The number of nitrogens with one attached hydrogen (secondary N) is 1. The second-order valence-corrected chi connectivity index (χ2v) is 7.38. The van der Waals surface area contributed by atoms with Crippen LogP contribution < -0.4 is 11.1 Å². The van der Waals surface area contributed by atoms with Gasteiger partial charge in [-0.05, 0) is 24.3 Å². The van der Waals surface area contributed by atoms with Crippen LogP contribution in [0.1, 0.15) is 44.3 Å². The molecule has 0 radical (unpaired) electrons. The van der Waals surface area contributed by atoms with Crippen molar-refractivity contribution in [2.75, 3.05) is 0 Å². The molecule has 1 fully saturated rings. The van der Waals surface area contributed by atoms with Crippen molar-refractivity contribution in [2.45, 2.75) is 44.6 Å². The third kappa shape index (κ3) is 3.24. The molecule has 4 rings (SSSR count). The zero-order chi connectivity index (χ0) is 19.7. The van der Waals surface area contributed by atoms with Gasteiger partial charge in [-0.25, -0.2) is 9.67 Å². The summed E-state index contributed by atoms with van der Waals surface area (Å²) in [4.78, 5) is 28.1. The molecule has 0 unspecified atom stereocenters. The number of carbonyl (C=O) groups excluding carboxylic acids is 2. The molecule has 2 amide bonds. The van der Waals surface area contributed by atoms with Crippen molar-refractivity contribution in [3.8, 4) is 5.69 Å². The Kier molecular flexibility index (Phi) is 4.58. The number of aromatic nitrogens is 3. The molecule has 28 heavy (non-hydrogen) atoms. The van der Waals surface area contributed by atoms with E-state index in [4.69, 9.17) is 5.73 Å². The highest BCUT2D eigenvalue weighted by molar-refractivity contribution is 5.90. The molecule has 3 aromatic rings. The SMILES string of the molecule is CC(=O)NC1(c2nc(CC(N)=O)nn2-c2cccc3ccccc23)CCCC1. The van der Waals surface area contributed by atoms with E-state index in [0.29, 0.717) is 11.6 Å². The zero-order valence-electron chi connectivity index (χ0n) is 15.8. The molecule has 0 saturated heterocycles. The summed E-state index contributed by atoms with van der Waals surface area (Å²) in [5.41, 5.74) is 5.66. The van der Waals surface area contributed by atoms with Crippen LogP contribution in [-0.2, 0) is 21.5 Å². The van der Waals surface area contributed by atoms with Gasteiger partial charge in [0.05, 0.1) is 17.6 Å². The predicted molar refractivity (Wildman–Crippen MR) is 106 cm³/mol. The van der Waals surface area contributed by atoms with E-state index < -0.39 is 11.4 Å². The summed E-state index contributed by atoms with van der Waals surface area (Å²) in [6.07, 6.45) is 3.51. The van der Waals surface area contributed by atoms with Gasteiger partial charge in [0.1, 0.15) is 0 Å². The molecular formula is C21H23N5O2. The molecule has 0 atom stereocenters. The molecule has 7 heteroatoms. The number of benzene rings is 2.